The van der Waals surface area contributed by atoms with E-state index in [2.05, 4.69) is 9.97 Å². The van der Waals surface area contributed by atoms with Crippen LogP contribution < -0.4 is 9.47 Å². The number of hydrogen-bond acceptors (Lipinski definition) is 6. The zero-order chi connectivity index (χ0) is 16.4. The highest BCUT2D eigenvalue weighted by atomic mass is 16.5. The van der Waals surface area contributed by atoms with Gasteiger partial charge in [-0.1, -0.05) is 0 Å². The van der Waals surface area contributed by atoms with Gasteiger partial charge in [0.05, 0.1) is 18.8 Å². The molecule has 2 N–H and O–H groups in total. The second-order valence-corrected chi connectivity index (χ2v) is 4.62. The van der Waals surface area contributed by atoms with Gasteiger partial charge in [-0.25, -0.2) is 14.8 Å². The lowest BCUT2D eigenvalue weighted by Gasteiger charge is -2.08. The molecule has 0 aliphatic carbocycles. The number of carboxylic acid groups (broad SMARTS) is 1. The number of nitrogens with zero attached hydrogens (tertiary/aromatic N) is 2. The summed E-state index contributed by atoms with van der Waals surface area (Å²) < 4.78 is 10.7. The lowest BCUT2D eigenvalue weighted by molar-refractivity contribution is 0.0687. The molecule has 2 heterocycles. The standard InChI is InChI=1S/C16H12N2O5/c1-22-9-2-4-10(5-3-9)23-13-7-6-11-12(18-13)8-17-14(15(11)19)16(20)21/h2-8,19H,1H3,(H,20,21). The SMILES string of the molecule is COc1ccc(Oc2ccc3c(O)c(C(=O)O)ncc3n2)cc1. The number of methoxy groups -OCH3 is 1. The van der Waals surface area contributed by atoms with E-state index >= 15 is 0 Å². The smallest absolute Gasteiger partial charge is 0.358 e. The van der Waals surface area contributed by atoms with E-state index in [1.54, 1.807) is 31.4 Å². The third-order valence-corrected chi connectivity index (χ3v) is 3.18. The number of aromatic carboxylic acids is 1. The van der Waals surface area contributed by atoms with Gasteiger partial charge >= 0.3 is 5.97 Å². The van der Waals surface area contributed by atoms with Gasteiger partial charge in [0.1, 0.15) is 11.5 Å². The predicted octanol–water partition coefficient (Wildman–Crippen LogP) is 2.83. The largest absolute Gasteiger partial charge is 0.505 e. The first kappa shape index (κ1) is 14.6. The molecule has 0 saturated heterocycles. The molecule has 0 unspecified atom stereocenters. The zero-order valence-corrected chi connectivity index (χ0v) is 12.1. The number of hydrogen-bond donors (Lipinski definition) is 2. The van der Waals surface area contributed by atoms with Crippen LogP contribution in [-0.4, -0.2) is 33.3 Å². The van der Waals surface area contributed by atoms with Crippen molar-refractivity contribution >= 4 is 16.9 Å². The number of carbonyl (C=O) groups is 1. The molecule has 0 aliphatic rings. The Kier molecular flexibility index (Phi) is 3.68. The fourth-order valence-electron chi connectivity index (χ4n) is 2.05. The molecule has 0 atom stereocenters. The maximum atomic E-state index is 10.9. The van der Waals surface area contributed by atoms with Crippen molar-refractivity contribution < 1.29 is 24.5 Å². The fraction of sp³-hybridized carbons (Fsp3) is 0.0625. The minimum atomic E-state index is -1.30. The third-order valence-electron chi connectivity index (χ3n) is 3.18. The Bertz CT molecular complexity index is 878. The van der Waals surface area contributed by atoms with Crippen LogP contribution in [0.3, 0.4) is 0 Å². The Labute approximate surface area is 130 Å². The van der Waals surface area contributed by atoms with Gasteiger partial charge in [0.25, 0.3) is 0 Å². The number of carboxylic acids is 1. The summed E-state index contributed by atoms with van der Waals surface area (Å²) in [7, 11) is 1.58. The molecule has 0 spiro atoms. The summed E-state index contributed by atoms with van der Waals surface area (Å²) in [6.45, 7) is 0. The van der Waals surface area contributed by atoms with Crippen LogP contribution >= 0.6 is 0 Å². The third kappa shape index (κ3) is 2.84. The first-order valence-electron chi connectivity index (χ1n) is 6.62. The number of pyridine rings is 2. The Hall–Kier alpha value is -3.35. The fourth-order valence-corrected chi connectivity index (χ4v) is 2.05. The normalized spacial score (nSPS) is 10.5. The molecular weight excluding hydrogens is 300 g/mol. The minimum Gasteiger partial charge on any atom is -0.505 e. The molecule has 0 amide bonds. The molecule has 1 aromatic carbocycles. The molecule has 7 heteroatoms. The van der Waals surface area contributed by atoms with Gasteiger partial charge in [0, 0.05) is 11.5 Å². The number of fused-ring (bicyclic) bond motifs is 1. The van der Waals surface area contributed by atoms with Crippen molar-refractivity contribution in [1.82, 2.24) is 9.97 Å². The van der Waals surface area contributed by atoms with Crippen molar-refractivity contribution in [3.8, 4) is 23.1 Å². The molecule has 0 aliphatic heterocycles. The summed E-state index contributed by atoms with van der Waals surface area (Å²) in [4.78, 5) is 18.8. The maximum Gasteiger partial charge on any atom is 0.358 e. The predicted molar refractivity (Wildman–Crippen MR) is 81.2 cm³/mol. The average molecular weight is 312 g/mol. The Morgan fingerprint density at radius 2 is 1.78 bits per heavy atom. The van der Waals surface area contributed by atoms with Crippen LogP contribution in [0.1, 0.15) is 10.5 Å². The maximum absolute atomic E-state index is 10.9. The number of rotatable bonds is 4. The molecular formula is C16H12N2O5. The van der Waals surface area contributed by atoms with Gasteiger partial charge in [-0.2, -0.15) is 0 Å². The molecule has 2 aromatic heterocycles. The molecule has 116 valence electrons. The molecule has 3 rings (SSSR count). The first-order valence-corrected chi connectivity index (χ1v) is 6.62. The van der Waals surface area contributed by atoms with Gasteiger partial charge in [-0.3, -0.25) is 0 Å². The van der Waals surface area contributed by atoms with E-state index in [1.807, 2.05) is 0 Å². The van der Waals surface area contributed by atoms with Crippen molar-refractivity contribution in [3.63, 3.8) is 0 Å². The highest BCUT2D eigenvalue weighted by Gasteiger charge is 2.15. The quantitative estimate of drug-likeness (QED) is 0.763. The van der Waals surface area contributed by atoms with Gasteiger partial charge in [0.2, 0.25) is 5.88 Å². The van der Waals surface area contributed by atoms with Crippen molar-refractivity contribution in [3.05, 3.63) is 48.3 Å². The molecule has 7 nitrogen and oxygen atoms in total. The number of aromatic hydroxyl groups is 1. The van der Waals surface area contributed by atoms with Crippen LogP contribution in [0.4, 0.5) is 0 Å². The van der Waals surface area contributed by atoms with Crippen LogP contribution in [0.15, 0.2) is 42.6 Å². The summed E-state index contributed by atoms with van der Waals surface area (Å²) >= 11 is 0. The van der Waals surface area contributed by atoms with E-state index < -0.39 is 17.4 Å². The van der Waals surface area contributed by atoms with E-state index in [4.69, 9.17) is 14.6 Å². The zero-order valence-electron chi connectivity index (χ0n) is 12.1. The summed E-state index contributed by atoms with van der Waals surface area (Å²) in [5.74, 6) is -0.149. The van der Waals surface area contributed by atoms with Gasteiger partial charge in [-0.05, 0) is 30.3 Å². The number of aromatic nitrogens is 2. The topological polar surface area (TPSA) is 102 Å². The average Bonchev–Trinajstić information content (AvgIpc) is 2.55. The second-order valence-electron chi connectivity index (χ2n) is 4.62. The Morgan fingerprint density at radius 1 is 1.09 bits per heavy atom. The van der Waals surface area contributed by atoms with Crippen LogP contribution in [0, 0.1) is 0 Å². The second kappa shape index (κ2) is 5.80. The molecule has 23 heavy (non-hydrogen) atoms. The van der Waals surface area contributed by atoms with E-state index in [0.29, 0.717) is 28.3 Å². The molecule has 0 fully saturated rings. The van der Waals surface area contributed by atoms with Crippen molar-refractivity contribution in [2.24, 2.45) is 0 Å². The highest BCUT2D eigenvalue weighted by molar-refractivity contribution is 5.96. The van der Waals surface area contributed by atoms with E-state index in [9.17, 15) is 9.90 Å². The summed E-state index contributed by atoms with van der Waals surface area (Å²) in [6, 6.07) is 10.0. The van der Waals surface area contributed by atoms with Crippen LogP contribution in [0.2, 0.25) is 0 Å². The molecule has 0 bridgehead atoms. The van der Waals surface area contributed by atoms with Crippen LogP contribution in [-0.2, 0) is 0 Å². The molecule has 0 radical (unpaired) electrons. The number of ether oxygens (including phenoxy) is 2. The van der Waals surface area contributed by atoms with Crippen LogP contribution in [0.25, 0.3) is 10.9 Å². The first-order chi connectivity index (χ1) is 11.1. The van der Waals surface area contributed by atoms with E-state index in [-0.39, 0.29) is 0 Å². The summed E-state index contributed by atoms with van der Waals surface area (Å²) in [5, 5.41) is 19.2. The lowest BCUT2D eigenvalue weighted by Crippen LogP contribution is -2.01. The van der Waals surface area contributed by atoms with Gasteiger partial charge in [0.15, 0.2) is 11.4 Å². The minimum absolute atomic E-state index is 0.291. The summed E-state index contributed by atoms with van der Waals surface area (Å²) in [5.41, 5.74) is -0.0818. The monoisotopic (exact) mass is 312 g/mol. The van der Waals surface area contributed by atoms with Crippen molar-refractivity contribution in [1.29, 1.82) is 0 Å². The highest BCUT2D eigenvalue weighted by Crippen LogP contribution is 2.29. The number of benzene rings is 1. The van der Waals surface area contributed by atoms with E-state index in [0.717, 1.165) is 0 Å². The molecule has 3 aromatic rings. The lowest BCUT2D eigenvalue weighted by atomic mass is 10.2. The van der Waals surface area contributed by atoms with Crippen molar-refractivity contribution in [2.75, 3.05) is 7.11 Å². The molecule has 0 saturated carbocycles. The van der Waals surface area contributed by atoms with E-state index in [1.165, 1.54) is 18.3 Å². The summed E-state index contributed by atoms with van der Waals surface area (Å²) in [6.07, 6.45) is 1.28. The van der Waals surface area contributed by atoms with Gasteiger partial charge in [-0.15, -0.1) is 0 Å². The van der Waals surface area contributed by atoms with Crippen molar-refractivity contribution in [2.45, 2.75) is 0 Å². The van der Waals surface area contributed by atoms with Gasteiger partial charge < -0.3 is 19.7 Å². The Balaban J connectivity index is 1.93. The Morgan fingerprint density at radius 3 is 2.43 bits per heavy atom. The van der Waals surface area contributed by atoms with Crippen LogP contribution in [0.5, 0.6) is 23.1 Å².